The van der Waals surface area contributed by atoms with Crippen LogP contribution in [0.25, 0.3) is 0 Å². The summed E-state index contributed by atoms with van der Waals surface area (Å²) >= 11 is 0. The van der Waals surface area contributed by atoms with Gasteiger partial charge in [-0.05, 0) is 43.3 Å². The van der Waals surface area contributed by atoms with E-state index in [1.54, 1.807) is 0 Å². The molecule has 3 heteroatoms. The summed E-state index contributed by atoms with van der Waals surface area (Å²) < 4.78 is 5.70. The topological polar surface area (TPSA) is 25.4 Å². The van der Waals surface area contributed by atoms with Gasteiger partial charge in [0.2, 0.25) is 5.88 Å². The molecule has 1 saturated heterocycles. The molecule has 0 unspecified atom stereocenters. The maximum absolute atomic E-state index is 5.70. The average molecular weight is 262 g/mol. The molecular formula is C16H26N2O. The number of pyridine rings is 1. The number of aromatic nitrogens is 1. The van der Waals surface area contributed by atoms with Crippen molar-refractivity contribution in [1.82, 2.24) is 9.88 Å². The number of rotatable bonds is 5. The van der Waals surface area contributed by atoms with E-state index >= 15 is 0 Å². The van der Waals surface area contributed by atoms with Gasteiger partial charge in [-0.15, -0.1) is 0 Å². The molecule has 0 aromatic carbocycles. The lowest BCUT2D eigenvalue weighted by Crippen LogP contribution is -2.22. The zero-order valence-electron chi connectivity index (χ0n) is 12.5. The van der Waals surface area contributed by atoms with E-state index in [4.69, 9.17) is 4.74 Å². The van der Waals surface area contributed by atoms with E-state index in [2.05, 4.69) is 36.7 Å². The van der Waals surface area contributed by atoms with Crippen LogP contribution in [-0.4, -0.2) is 36.1 Å². The molecule has 0 atom stereocenters. The smallest absolute Gasteiger partial charge is 0.213 e. The zero-order valence-corrected chi connectivity index (χ0v) is 12.5. The summed E-state index contributed by atoms with van der Waals surface area (Å²) in [6.45, 7) is 11.0. The van der Waals surface area contributed by atoms with E-state index in [9.17, 15) is 0 Å². The number of nitrogens with zero attached hydrogens (tertiary/aromatic N) is 2. The van der Waals surface area contributed by atoms with E-state index in [1.807, 2.05) is 12.3 Å². The molecule has 106 valence electrons. The molecule has 0 amide bonds. The lowest BCUT2D eigenvalue weighted by molar-refractivity contribution is 0.257. The lowest BCUT2D eigenvalue weighted by Gasteiger charge is -2.18. The highest BCUT2D eigenvalue weighted by molar-refractivity contribution is 5.23. The predicted molar refractivity (Wildman–Crippen MR) is 78.7 cm³/mol. The summed E-state index contributed by atoms with van der Waals surface area (Å²) in [7, 11) is 0. The fourth-order valence-corrected chi connectivity index (χ4v) is 2.38. The Hall–Kier alpha value is -1.09. The Morgan fingerprint density at radius 1 is 1.21 bits per heavy atom. The van der Waals surface area contributed by atoms with Gasteiger partial charge in [-0.1, -0.05) is 26.8 Å². The summed E-state index contributed by atoms with van der Waals surface area (Å²) in [5.74, 6) is 0.745. The van der Waals surface area contributed by atoms with E-state index in [1.165, 1.54) is 31.5 Å². The first-order valence-corrected chi connectivity index (χ1v) is 7.37. The fraction of sp³-hybridized carbons (Fsp3) is 0.688. The number of hydrogen-bond acceptors (Lipinski definition) is 3. The van der Waals surface area contributed by atoms with Gasteiger partial charge < -0.3 is 9.64 Å². The second-order valence-corrected chi connectivity index (χ2v) is 6.39. The van der Waals surface area contributed by atoms with Crippen molar-refractivity contribution in [3.8, 4) is 5.88 Å². The van der Waals surface area contributed by atoms with Crippen LogP contribution in [0, 0.1) is 0 Å². The Kier molecular flexibility index (Phi) is 4.81. The van der Waals surface area contributed by atoms with Crippen molar-refractivity contribution in [3.05, 3.63) is 23.9 Å². The van der Waals surface area contributed by atoms with Crippen LogP contribution < -0.4 is 4.74 Å². The molecule has 2 rings (SSSR count). The van der Waals surface area contributed by atoms with Crippen LogP contribution in [0.1, 0.15) is 45.6 Å². The molecule has 1 aromatic heterocycles. The van der Waals surface area contributed by atoms with Gasteiger partial charge in [0.05, 0.1) is 6.61 Å². The van der Waals surface area contributed by atoms with Crippen LogP contribution >= 0.6 is 0 Å². The number of hydrogen-bond donors (Lipinski definition) is 0. The SMILES string of the molecule is CC(C)(C)c1ccc(OCCCN2CCCC2)nc1. The van der Waals surface area contributed by atoms with Gasteiger partial charge in [-0.3, -0.25) is 0 Å². The van der Waals surface area contributed by atoms with E-state index in [-0.39, 0.29) is 5.41 Å². The van der Waals surface area contributed by atoms with Gasteiger partial charge in [0, 0.05) is 18.8 Å². The lowest BCUT2D eigenvalue weighted by atomic mass is 9.88. The Morgan fingerprint density at radius 3 is 2.53 bits per heavy atom. The number of ether oxygens (including phenoxy) is 1. The summed E-state index contributed by atoms with van der Waals surface area (Å²) in [5, 5.41) is 0. The Labute approximate surface area is 117 Å². The normalized spacial score (nSPS) is 16.8. The summed E-state index contributed by atoms with van der Waals surface area (Å²) in [6.07, 6.45) is 5.73. The van der Waals surface area contributed by atoms with Crippen molar-refractivity contribution in [2.75, 3.05) is 26.2 Å². The van der Waals surface area contributed by atoms with Crippen molar-refractivity contribution in [2.45, 2.75) is 45.4 Å². The highest BCUT2D eigenvalue weighted by Gasteiger charge is 2.14. The maximum atomic E-state index is 5.70. The molecule has 0 spiro atoms. The van der Waals surface area contributed by atoms with Crippen molar-refractivity contribution in [2.24, 2.45) is 0 Å². The quantitative estimate of drug-likeness (QED) is 0.762. The van der Waals surface area contributed by atoms with Gasteiger partial charge >= 0.3 is 0 Å². The average Bonchev–Trinajstić information content (AvgIpc) is 2.87. The first kappa shape index (κ1) is 14.3. The highest BCUT2D eigenvalue weighted by atomic mass is 16.5. The minimum Gasteiger partial charge on any atom is -0.478 e. The zero-order chi connectivity index (χ0) is 13.7. The molecule has 19 heavy (non-hydrogen) atoms. The van der Waals surface area contributed by atoms with Crippen LogP contribution in [0.5, 0.6) is 5.88 Å². The standard InChI is InChI=1S/C16H26N2O/c1-16(2,3)14-7-8-15(17-13-14)19-12-6-11-18-9-4-5-10-18/h7-8,13H,4-6,9-12H2,1-3H3. The van der Waals surface area contributed by atoms with Gasteiger partial charge in [0.15, 0.2) is 0 Å². The van der Waals surface area contributed by atoms with Gasteiger partial charge in [0.25, 0.3) is 0 Å². The molecule has 1 fully saturated rings. The molecule has 3 nitrogen and oxygen atoms in total. The monoisotopic (exact) mass is 262 g/mol. The Bertz CT molecular complexity index is 375. The Balaban J connectivity index is 1.71. The van der Waals surface area contributed by atoms with Crippen molar-refractivity contribution < 1.29 is 4.74 Å². The van der Waals surface area contributed by atoms with E-state index < -0.39 is 0 Å². The van der Waals surface area contributed by atoms with Gasteiger partial charge in [0.1, 0.15) is 0 Å². The highest BCUT2D eigenvalue weighted by Crippen LogP contribution is 2.22. The minimum atomic E-state index is 0.154. The largest absolute Gasteiger partial charge is 0.478 e. The van der Waals surface area contributed by atoms with Crippen LogP contribution in [0.2, 0.25) is 0 Å². The summed E-state index contributed by atoms with van der Waals surface area (Å²) in [5.41, 5.74) is 1.40. The molecule has 1 aliphatic rings. The third-order valence-electron chi connectivity index (χ3n) is 3.67. The molecule has 0 saturated carbocycles. The molecule has 1 aromatic rings. The summed E-state index contributed by atoms with van der Waals surface area (Å²) in [6, 6.07) is 4.10. The Morgan fingerprint density at radius 2 is 1.95 bits per heavy atom. The van der Waals surface area contributed by atoms with Gasteiger partial charge in [-0.2, -0.15) is 0 Å². The van der Waals surface area contributed by atoms with Gasteiger partial charge in [-0.25, -0.2) is 4.98 Å². The predicted octanol–water partition coefficient (Wildman–Crippen LogP) is 3.24. The maximum Gasteiger partial charge on any atom is 0.213 e. The van der Waals surface area contributed by atoms with Crippen molar-refractivity contribution >= 4 is 0 Å². The first-order chi connectivity index (χ1) is 9.05. The number of likely N-dealkylation sites (tertiary alicyclic amines) is 1. The van der Waals surface area contributed by atoms with Crippen LogP contribution in [0.3, 0.4) is 0 Å². The second-order valence-electron chi connectivity index (χ2n) is 6.39. The molecule has 2 heterocycles. The molecule has 0 N–H and O–H groups in total. The fourth-order valence-electron chi connectivity index (χ4n) is 2.38. The third kappa shape index (κ3) is 4.50. The molecule has 1 aliphatic heterocycles. The van der Waals surface area contributed by atoms with Crippen LogP contribution in [0.15, 0.2) is 18.3 Å². The first-order valence-electron chi connectivity index (χ1n) is 7.37. The molecule has 0 bridgehead atoms. The summed E-state index contributed by atoms with van der Waals surface area (Å²) in [4.78, 5) is 6.89. The molecular weight excluding hydrogens is 236 g/mol. The molecule has 0 radical (unpaired) electrons. The van der Waals surface area contributed by atoms with Crippen LogP contribution in [0.4, 0.5) is 0 Å². The van der Waals surface area contributed by atoms with E-state index in [0.29, 0.717) is 0 Å². The van der Waals surface area contributed by atoms with E-state index in [0.717, 1.165) is 25.5 Å². The van der Waals surface area contributed by atoms with Crippen LogP contribution in [-0.2, 0) is 5.41 Å². The molecule has 0 aliphatic carbocycles. The third-order valence-corrected chi connectivity index (χ3v) is 3.67. The second kappa shape index (κ2) is 6.38. The van der Waals surface area contributed by atoms with Crippen molar-refractivity contribution in [1.29, 1.82) is 0 Å². The minimum absolute atomic E-state index is 0.154. The van der Waals surface area contributed by atoms with Crippen molar-refractivity contribution in [3.63, 3.8) is 0 Å².